The van der Waals surface area contributed by atoms with Crippen LogP contribution in [0.5, 0.6) is 0 Å². The topological polar surface area (TPSA) is 0 Å². The van der Waals surface area contributed by atoms with E-state index in [1.54, 1.807) is 0 Å². The first kappa shape index (κ1) is 9.13. The summed E-state index contributed by atoms with van der Waals surface area (Å²) in [4.78, 5) is 2.69. The summed E-state index contributed by atoms with van der Waals surface area (Å²) in [6, 6.07) is 7.89. The third-order valence-corrected chi connectivity index (χ3v) is 1.82. The molecule has 0 spiro atoms. The second kappa shape index (κ2) is 4.82. The van der Waals surface area contributed by atoms with Gasteiger partial charge < -0.3 is 0 Å². The Morgan fingerprint density at radius 2 is 1.67 bits per heavy atom. The molecule has 0 nitrogen and oxygen atoms in total. The number of benzene rings is 1. The molecule has 0 saturated carbocycles. The van der Waals surface area contributed by atoms with Crippen molar-refractivity contribution in [2.24, 2.45) is 0 Å². The van der Waals surface area contributed by atoms with Gasteiger partial charge in [0.15, 0.2) is 0 Å². The van der Waals surface area contributed by atoms with E-state index >= 15 is 0 Å². The molecule has 0 N–H and O–H groups in total. The van der Waals surface area contributed by atoms with Crippen molar-refractivity contribution in [3.05, 3.63) is 35.4 Å². The van der Waals surface area contributed by atoms with E-state index in [0.717, 1.165) is 21.4 Å². The summed E-state index contributed by atoms with van der Waals surface area (Å²) in [6.07, 6.45) is 0. The average Bonchev–Trinajstić information content (AvgIpc) is 2.09. The van der Waals surface area contributed by atoms with E-state index in [9.17, 15) is 0 Å². The van der Waals surface area contributed by atoms with E-state index < -0.39 is 0 Å². The van der Waals surface area contributed by atoms with Gasteiger partial charge in [-0.1, -0.05) is 24.0 Å². The lowest BCUT2D eigenvalue weighted by molar-refractivity contribution is 1.59. The monoisotopic (exact) mass is 234 g/mol. The highest BCUT2D eigenvalue weighted by Crippen LogP contribution is 2.05. The summed E-state index contributed by atoms with van der Waals surface area (Å²) in [7, 11) is 0.905. The molecule has 0 aliphatic rings. The van der Waals surface area contributed by atoms with Crippen molar-refractivity contribution in [1.82, 2.24) is 0 Å². The van der Waals surface area contributed by atoms with Crippen LogP contribution in [0, 0.1) is 22.2 Å². The predicted molar refractivity (Wildman–Crippen MR) is 59.1 cm³/mol. The Bertz CT molecular complexity index is 349. The van der Waals surface area contributed by atoms with Gasteiger partial charge in [0, 0.05) is 27.1 Å². The minimum absolute atomic E-state index is 0.905. The highest BCUT2D eigenvalue weighted by Gasteiger charge is 1.92. The molecule has 0 amide bonds. The number of halogens is 1. The van der Waals surface area contributed by atoms with Crippen LogP contribution in [0.4, 0.5) is 0 Å². The van der Waals surface area contributed by atoms with Crippen molar-refractivity contribution in [2.45, 2.75) is 0 Å². The van der Waals surface area contributed by atoms with Gasteiger partial charge in [0.1, 0.15) is 0 Å². The molecule has 58 valence electrons. The first-order valence-electron chi connectivity index (χ1n) is 3.52. The summed E-state index contributed by atoms with van der Waals surface area (Å²) >= 11 is 3.07. The molecule has 1 aromatic carbocycles. The third-order valence-electron chi connectivity index (χ3n) is 1.37. The van der Waals surface area contributed by atoms with Gasteiger partial charge in [-0.25, -0.2) is 0 Å². The van der Waals surface area contributed by atoms with Crippen LogP contribution < -0.4 is 0 Å². The van der Waals surface area contributed by atoms with E-state index in [1.165, 1.54) is 0 Å². The van der Waals surface area contributed by atoms with Crippen molar-refractivity contribution < 1.29 is 0 Å². The van der Waals surface area contributed by atoms with Crippen LogP contribution in [0.3, 0.4) is 0 Å². The quantitative estimate of drug-likeness (QED) is 0.466. The fourth-order valence-electron chi connectivity index (χ4n) is 0.887. The predicted octanol–water partition coefficient (Wildman–Crippen LogP) is 1.06. The minimum atomic E-state index is 0.905. The maximum atomic E-state index is 3.07. The van der Waals surface area contributed by atoms with E-state index in [2.05, 4.69) is 38.1 Å². The summed E-state index contributed by atoms with van der Waals surface area (Å²) in [5.74, 6) is 5.99. The molecule has 0 bridgehead atoms. The Morgan fingerprint density at radius 3 is 2.17 bits per heavy atom. The molecular formula is C10H7BrSi. The standard InChI is InChI=1S/C10H7BrSi/c11-7-5-9-3-1-2-4-10(9)6-8-12/h1-4H,12H3. The van der Waals surface area contributed by atoms with E-state index in [4.69, 9.17) is 0 Å². The van der Waals surface area contributed by atoms with Crippen LogP contribution in [0.15, 0.2) is 24.3 Å². The Hall–Kier alpha value is -0.963. The highest BCUT2D eigenvalue weighted by atomic mass is 79.9. The number of rotatable bonds is 0. The van der Waals surface area contributed by atoms with Crippen molar-refractivity contribution in [1.29, 1.82) is 0 Å². The lowest BCUT2D eigenvalue weighted by Gasteiger charge is -1.93. The molecule has 12 heavy (non-hydrogen) atoms. The Labute approximate surface area is 83.9 Å². The number of hydrogen-bond acceptors (Lipinski definition) is 0. The lowest BCUT2D eigenvalue weighted by Crippen LogP contribution is -1.81. The molecular weight excluding hydrogens is 228 g/mol. The second-order valence-electron chi connectivity index (χ2n) is 2.14. The number of hydrogen-bond donors (Lipinski definition) is 0. The van der Waals surface area contributed by atoms with E-state index in [-0.39, 0.29) is 0 Å². The molecule has 1 aromatic rings. The van der Waals surface area contributed by atoms with Crippen molar-refractivity contribution in [2.75, 3.05) is 0 Å². The zero-order chi connectivity index (χ0) is 8.81. The third kappa shape index (κ3) is 2.27. The second-order valence-corrected chi connectivity index (χ2v) is 3.04. The molecule has 0 saturated heterocycles. The minimum Gasteiger partial charge on any atom is -0.138 e. The van der Waals surface area contributed by atoms with E-state index in [0.29, 0.717) is 0 Å². The lowest BCUT2D eigenvalue weighted by atomic mass is 10.1. The molecule has 0 atom stereocenters. The van der Waals surface area contributed by atoms with Crippen LogP contribution in [0.1, 0.15) is 11.1 Å². The molecule has 0 aliphatic carbocycles. The van der Waals surface area contributed by atoms with Gasteiger partial charge in [0.2, 0.25) is 0 Å². The fraction of sp³-hybridized carbons (Fsp3) is 0. The first-order valence-corrected chi connectivity index (χ1v) is 5.31. The molecule has 0 radical (unpaired) electrons. The summed E-state index contributed by atoms with van der Waals surface area (Å²) < 4.78 is 0. The van der Waals surface area contributed by atoms with Gasteiger partial charge in [0.25, 0.3) is 0 Å². The Balaban J connectivity index is 3.20. The Kier molecular flexibility index (Phi) is 3.67. The molecule has 2 heteroatoms. The first-order chi connectivity index (χ1) is 5.88. The molecule has 0 heterocycles. The maximum absolute atomic E-state index is 3.07. The van der Waals surface area contributed by atoms with Gasteiger partial charge in [0.05, 0.1) is 10.2 Å². The fourth-order valence-corrected chi connectivity index (χ4v) is 1.37. The largest absolute Gasteiger partial charge is 0.138 e. The van der Waals surface area contributed by atoms with Crippen LogP contribution in [0.2, 0.25) is 0 Å². The highest BCUT2D eigenvalue weighted by molar-refractivity contribution is 9.12. The molecule has 0 unspecified atom stereocenters. The van der Waals surface area contributed by atoms with Gasteiger partial charge in [-0.15, -0.1) is 5.54 Å². The van der Waals surface area contributed by atoms with Crippen LogP contribution in [-0.2, 0) is 0 Å². The Morgan fingerprint density at radius 1 is 1.08 bits per heavy atom. The van der Waals surface area contributed by atoms with E-state index in [1.807, 2.05) is 24.3 Å². The summed E-state index contributed by atoms with van der Waals surface area (Å²) in [5.41, 5.74) is 4.99. The van der Waals surface area contributed by atoms with Crippen LogP contribution in [-0.4, -0.2) is 10.2 Å². The maximum Gasteiger partial charge on any atom is 0.0911 e. The van der Waals surface area contributed by atoms with Crippen LogP contribution >= 0.6 is 15.9 Å². The van der Waals surface area contributed by atoms with Gasteiger partial charge in [-0.05, 0) is 17.0 Å². The molecule has 1 rings (SSSR count). The normalized spacial score (nSPS) is 7.75. The van der Waals surface area contributed by atoms with Crippen LogP contribution in [0.25, 0.3) is 0 Å². The SMILES string of the molecule is [SiH3]C#Cc1ccccc1C#CBr. The molecule has 0 fully saturated rings. The molecule has 0 aliphatic heterocycles. The van der Waals surface area contributed by atoms with Gasteiger partial charge in [-0.3, -0.25) is 0 Å². The van der Waals surface area contributed by atoms with Crippen molar-refractivity contribution in [3.8, 4) is 22.2 Å². The zero-order valence-corrected chi connectivity index (χ0v) is 10.3. The summed E-state index contributed by atoms with van der Waals surface area (Å²) in [5, 5.41) is 0. The average molecular weight is 235 g/mol. The van der Waals surface area contributed by atoms with Gasteiger partial charge in [-0.2, -0.15) is 0 Å². The van der Waals surface area contributed by atoms with Crippen molar-refractivity contribution >= 4 is 26.2 Å². The van der Waals surface area contributed by atoms with Crippen molar-refractivity contribution in [3.63, 3.8) is 0 Å². The molecule has 0 aromatic heterocycles. The van der Waals surface area contributed by atoms with Gasteiger partial charge >= 0.3 is 0 Å². The zero-order valence-electron chi connectivity index (χ0n) is 6.69. The summed E-state index contributed by atoms with van der Waals surface area (Å²) in [6.45, 7) is 0. The smallest absolute Gasteiger partial charge is 0.0911 e.